The van der Waals surface area contributed by atoms with Crippen molar-refractivity contribution in [2.45, 2.75) is 45.2 Å². The zero-order chi connectivity index (χ0) is 33.5. The third kappa shape index (κ3) is 7.52. The fourth-order valence-corrected chi connectivity index (χ4v) is 5.87. The molecule has 0 saturated heterocycles. The van der Waals surface area contributed by atoms with Gasteiger partial charge in [-0.25, -0.2) is 4.98 Å². The zero-order valence-electron chi connectivity index (χ0n) is 27.1. The van der Waals surface area contributed by atoms with E-state index in [1.807, 2.05) is 54.7 Å². The average Bonchev–Trinajstić information content (AvgIpc) is 3.70. The van der Waals surface area contributed by atoms with Gasteiger partial charge in [-0.3, -0.25) is 14.4 Å². The van der Waals surface area contributed by atoms with Crippen LogP contribution in [0.2, 0.25) is 0 Å². The SMILES string of the molecule is COc1cc2ccc1OCCCN(C(=O)c1ccccc1)CCCC(=O)N[C@@H](Cc1c[nH]c3ccccc13)C(=O)NCc1nc-2oc1C. The Morgan fingerprint density at radius 1 is 1.02 bits per heavy atom. The predicted molar refractivity (Wildman–Crippen MR) is 181 cm³/mol. The monoisotopic (exact) mass is 649 g/mol. The van der Waals surface area contributed by atoms with Crippen molar-refractivity contribution in [3.63, 3.8) is 0 Å². The normalized spacial score (nSPS) is 16.5. The molecule has 0 aliphatic carbocycles. The maximum Gasteiger partial charge on any atom is 0.253 e. The third-order valence-electron chi connectivity index (χ3n) is 8.45. The summed E-state index contributed by atoms with van der Waals surface area (Å²) < 4.78 is 17.6. The Morgan fingerprint density at radius 3 is 2.65 bits per heavy atom. The van der Waals surface area contributed by atoms with Crippen LogP contribution in [0.4, 0.5) is 0 Å². The minimum atomic E-state index is -0.839. The molecule has 0 saturated carbocycles. The minimum absolute atomic E-state index is 0.114. The lowest BCUT2D eigenvalue weighted by Crippen LogP contribution is -2.48. The molecular weight excluding hydrogens is 610 g/mol. The van der Waals surface area contributed by atoms with Crippen LogP contribution in [-0.2, 0) is 22.6 Å². The Balaban J connectivity index is 1.27. The number of fused-ring (bicyclic) bond motifs is 16. The number of para-hydroxylation sites is 1. The zero-order valence-corrected chi connectivity index (χ0v) is 27.1. The first-order valence-electron chi connectivity index (χ1n) is 16.1. The Kier molecular flexibility index (Phi) is 10.0. The van der Waals surface area contributed by atoms with Gasteiger partial charge in [0.2, 0.25) is 17.7 Å². The van der Waals surface area contributed by atoms with E-state index < -0.39 is 6.04 Å². The molecule has 248 valence electrons. The minimum Gasteiger partial charge on any atom is -0.493 e. The number of ether oxygens (including phenoxy) is 2. The Bertz CT molecular complexity index is 1900. The van der Waals surface area contributed by atoms with Crippen LogP contribution in [-0.4, -0.2) is 65.4 Å². The number of amides is 3. The molecule has 7 rings (SSSR count). The lowest BCUT2D eigenvalue weighted by atomic mass is 10.0. The van der Waals surface area contributed by atoms with Crippen molar-refractivity contribution < 1.29 is 28.3 Å². The van der Waals surface area contributed by atoms with Crippen LogP contribution >= 0.6 is 0 Å². The maximum absolute atomic E-state index is 13.7. The van der Waals surface area contributed by atoms with Crippen molar-refractivity contribution in [3.05, 3.63) is 102 Å². The standard InChI is InChI=1S/C37H39N5O6/c1-24-31-23-39-35(44)30(20-27-22-38-29-13-7-6-12-28(27)29)40-34(43)14-8-17-42(37(45)25-10-4-3-5-11-25)18-9-19-47-32-16-15-26(21-33(32)46-2)36(41-31)48-24/h3-7,10-13,15-16,21-22,30,38H,8-9,14,17-20,23H2,1-2H3,(H,39,44)(H,40,43)/t30-/m0/s1. The van der Waals surface area contributed by atoms with Crippen molar-refractivity contribution in [1.29, 1.82) is 0 Å². The van der Waals surface area contributed by atoms with Gasteiger partial charge in [-0.1, -0.05) is 36.4 Å². The van der Waals surface area contributed by atoms with Crippen molar-refractivity contribution in [3.8, 4) is 23.0 Å². The molecule has 3 N–H and O–H groups in total. The number of nitrogens with zero attached hydrogens (tertiary/aromatic N) is 2. The van der Waals surface area contributed by atoms with Crippen LogP contribution in [0.3, 0.4) is 0 Å². The van der Waals surface area contributed by atoms with Gasteiger partial charge in [0, 0.05) is 54.2 Å². The maximum atomic E-state index is 13.7. The number of hydrogen-bond acceptors (Lipinski definition) is 7. The molecule has 0 fully saturated rings. The van der Waals surface area contributed by atoms with Gasteiger partial charge in [-0.2, -0.15) is 0 Å². The second-order valence-electron chi connectivity index (χ2n) is 11.8. The van der Waals surface area contributed by atoms with Crippen molar-refractivity contribution in [1.82, 2.24) is 25.5 Å². The summed E-state index contributed by atoms with van der Waals surface area (Å²) in [6, 6.07) is 21.5. The second-order valence-corrected chi connectivity index (χ2v) is 11.8. The van der Waals surface area contributed by atoms with E-state index in [1.165, 1.54) is 0 Å². The number of aromatic amines is 1. The molecule has 4 heterocycles. The van der Waals surface area contributed by atoms with E-state index in [9.17, 15) is 14.4 Å². The highest BCUT2D eigenvalue weighted by molar-refractivity contribution is 5.94. The summed E-state index contributed by atoms with van der Waals surface area (Å²) in [6.45, 7) is 3.05. The average molecular weight is 650 g/mol. The van der Waals surface area contributed by atoms with Crippen LogP contribution < -0.4 is 20.1 Å². The highest BCUT2D eigenvalue weighted by atomic mass is 16.5. The molecular formula is C37H39N5O6. The molecule has 3 amide bonds. The van der Waals surface area contributed by atoms with Gasteiger partial charge in [-0.05, 0) is 61.7 Å². The lowest BCUT2D eigenvalue weighted by molar-refractivity contribution is -0.129. The van der Waals surface area contributed by atoms with Gasteiger partial charge in [0.25, 0.3) is 5.91 Å². The van der Waals surface area contributed by atoms with Crippen LogP contribution in [0, 0.1) is 6.92 Å². The van der Waals surface area contributed by atoms with E-state index >= 15 is 0 Å². The molecule has 0 unspecified atom stereocenters. The number of carbonyl (C=O) groups excluding carboxylic acids is 3. The van der Waals surface area contributed by atoms with Gasteiger partial charge < -0.3 is 34.4 Å². The predicted octanol–water partition coefficient (Wildman–Crippen LogP) is 5.19. The van der Waals surface area contributed by atoms with Crippen LogP contribution in [0.15, 0.2) is 83.4 Å². The smallest absolute Gasteiger partial charge is 0.253 e. The van der Waals surface area contributed by atoms with E-state index in [4.69, 9.17) is 13.9 Å². The van der Waals surface area contributed by atoms with E-state index in [-0.39, 0.29) is 37.1 Å². The van der Waals surface area contributed by atoms with E-state index in [0.717, 1.165) is 16.5 Å². The molecule has 11 nitrogen and oxygen atoms in total. The highest BCUT2D eigenvalue weighted by Crippen LogP contribution is 2.33. The molecule has 1 atom stereocenters. The number of benzene rings is 3. The van der Waals surface area contributed by atoms with Gasteiger partial charge in [0.1, 0.15) is 17.5 Å². The molecule has 5 aromatic rings. The topological polar surface area (TPSA) is 139 Å². The van der Waals surface area contributed by atoms with E-state index in [1.54, 1.807) is 43.2 Å². The van der Waals surface area contributed by atoms with Crippen molar-refractivity contribution in [2.24, 2.45) is 0 Å². The number of nitrogens with one attached hydrogen (secondary N) is 3. The molecule has 3 aromatic carbocycles. The highest BCUT2D eigenvalue weighted by Gasteiger charge is 2.24. The molecule has 2 aromatic heterocycles. The number of rotatable bonds is 4. The Morgan fingerprint density at radius 2 is 1.81 bits per heavy atom. The number of oxazole rings is 1. The van der Waals surface area contributed by atoms with Gasteiger partial charge in [0.15, 0.2) is 11.5 Å². The molecule has 2 aliphatic heterocycles. The number of aryl methyl sites for hydroxylation is 1. The van der Waals surface area contributed by atoms with Crippen LogP contribution in [0.1, 0.15) is 46.6 Å². The molecule has 0 radical (unpaired) electrons. The Hall–Kier alpha value is -5.58. The fourth-order valence-electron chi connectivity index (χ4n) is 5.87. The summed E-state index contributed by atoms with van der Waals surface area (Å²) in [5.74, 6) is 1.29. The molecule has 0 spiro atoms. The summed E-state index contributed by atoms with van der Waals surface area (Å²) in [5, 5.41) is 6.89. The number of methoxy groups -OCH3 is 1. The van der Waals surface area contributed by atoms with Crippen LogP contribution in [0.5, 0.6) is 11.5 Å². The molecule has 11 heteroatoms. The lowest BCUT2D eigenvalue weighted by Gasteiger charge is -2.23. The summed E-state index contributed by atoms with van der Waals surface area (Å²) in [6.07, 6.45) is 3.28. The summed E-state index contributed by atoms with van der Waals surface area (Å²) in [5.41, 5.74) is 3.70. The van der Waals surface area contributed by atoms with E-state index in [0.29, 0.717) is 72.5 Å². The summed E-state index contributed by atoms with van der Waals surface area (Å²) in [7, 11) is 1.57. The van der Waals surface area contributed by atoms with Crippen molar-refractivity contribution in [2.75, 3.05) is 26.8 Å². The number of carbonyl (C=O) groups is 3. The quantitative estimate of drug-likeness (QED) is 0.244. The molecule has 2 aliphatic rings. The first kappa shape index (κ1) is 32.4. The first-order chi connectivity index (χ1) is 23.4. The van der Waals surface area contributed by atoms with E-state index in [2.05, 4.69) is 20.6 Å². The molecule has 48 heavy (non-hydrogen) atoms. The second kappa shape index (κ2) is 14.9. The van der Waals surface area contributed by atoms with Crippen molar-refractivity contribution >= 4 is 28.6 Å². The molecule has 4 bridgehead atoms. The summed E-state index contributed by atoms with van der Waals surface area (Å²) >= 11 is 0. The number of H-pyrrole nitrogens is 1. The summed E-state index contributed by atoms with van der Waals surface area (Å²) in [4.78, 5) is 50.1. The first-order valence-corrected chi connectivity index (χ1v) is 16.1. The van der Waals surface area contributed by atoms with Crippen LogP contribution in [0.25, 0.3) is 22.4 Å². The third-order valence-corrected chi connectivity index (χ3v) is 8.45. The Labute approximate surface area is 278 Å². The number of hydrogen-bond donors (Lipinski definition) is 3. The van der Waals surface area contributed by atoms with Gasteiger partial charge >= 0.3 is 0 Å². The number of aromatic nitrogens is 2. The fraction of sp³-hybridized carbons (Fsp3) is 0.297. The van der Waals surface area contributed by atoms with Gasteiger partial charge in [-0.15, -0.1) is 0 Å². The van der Waals surface area contributed by atoms with Gasteiger partial charge in [0.05, 0.1) is 20.3 Å². The largest absolute Gasteiger partial charge is 0.493 e.